The number of benzene rings is 2. The zero-order valence-electron chi connectivity index (χ0n) is 16.0. The van der Waals surface area contributed by atoms with Gasteiger partial charge in [-0.25, -0.2) is 0 Å². The Kier molecular flexibility index (Phi) is 6.45. The molecular weight excluding hydrogens is 415 g/mol. The van der Waals surface area contributed by atoms with Gasteiger partial charge in [0.1, 0.15) is 11.8 Å². The smallest absolute Gasteiger partial charge is 0.262 e. The van der Waals surface area contributed by atoms with Crippen LogP contribution in [-0.4, -0.2) is 35.8 Å². The van der Waals surface area contributed by atoms with Crippen LogP contribution < -0.4 is 10.1 Å². The molecule has 1 heterocycles. The van der Waals surface area contributed by atoms with E-state index >= 15 is 0 Å². The molecule has 0 radical (unpaired) electrons. The number of unbranched alkanes of at least 4 members (excludes halogenated alkanes) is 1. The molecule has 0 fully saturated rings. The van der Waals surface area contributed by atoms with Crippen LogP contribution in [0.5, 0.6) is 5.75 Å². The molecule has 3 amide bonds. The van der Waals surface area contributed by atoms with Gasteiger partial charge in [0.25, 0.3) is 11.8 Å². The number of anilines is 1. The van der Waals surface area contributed by atoms with Crippen molar-refractivity contribution < 1.29 is 19.1 Å². The summed E-state index contributed by atoms with van der Waals surface area (Å²) in [6.45, 7) is 1.97. The molecule has 1 aliphatic rings. The van der Waals surface area contributed by atoms with Gasteiger partial charge in [0.15, 0.2) is 0 Å². The van der Waals surface area contributed by atoms with Crippen molar-refractivity contribution in [3.8, 4) is 5.75 Å². The molecule has 0 aromatic heterocycles. The summed E-state index contributed by atoms with van der Waals surface area (Å²) in [4.78, 5) is 39.8. The lowest BCUT2D eigenvalue weighted by Crippen LogP contribution is -2.47. The predicted molar refractivity (Wildman–Crippen MR) is 112 cm³/mol. The molecule has 2 aromatic rings. The van der Waals surface area contributed by atoms with Crippen molar-refractivity contribution in [1.29, 1.82) is 0 Å². The molecule has 8 heteroatoms. The van der Waals surface area contributed by atoms with Gasteiger partial charge in [0.2, 0.25) is 5.91 Å². The maximum Gasteiger partial charge on any atom is 0.262 e. The van der Waals surface area contributed by atoms with E-state index in [0.29, 0.717) is 24.3 Å². The van der Waals surface area contributed by atoms with Gasteiger partial charge in [-0.2, -0.15) is 0 Å². The normalized spacial score (nSPS) is 14.0. The second kappa shape index (κ2) is 8.84. The SMILES string of the molecule is CCCC[C@H](C(=O)Nc1ccc(OC)cc1)N1C(=O)c2cc(Cl)c(Cl)cc2C1=O. The van der Waals surface area contributed by atoms with Crippen molar-refractivity contribution in [3.05, 3.63) is 57.6 Å². The Morgan fingerprint density at radius 3 is 2.10 bits per heavy atom. The molecule has 6 nitrogen and oxygen atoms in total. The molecule has 0 aliphatic carbocycles. The third-order valence-electron chi connectivity index (χ3n) is 4.76. The highest BCUT2D eigenvalue weighted by Gasteiger charge is 2.43. The first-order valence-corrected chi connectivity index (χ1v) is 9.94. The number of rotatable bonds is 7. The predicted octanol–water partition coefficient (Wildman–Crippen LogP) is 4.80. The molecule has 0 bridgehead atoms. The van der Waals surface area contributed by atoms with Crippen molar-refractivity contribution in [2.45, 2.75) is 32.2 Å². The van der Waals surface area contributed by atoms with Crippen LogP contribution in [-0.2, 0) is 4.79 Å². The van der Waals surface area contributed by atoms with E-state index < -0.39 is 23.8 Å². The number of hydrogen-bond acceptors (Lipinski definition) is 4. The molecule has 1 aliphatic heterocycles. The molecule has 3 rings (SSSR count). The van der Waals surface area contributed by atoms with E-state index in [0.717, 1.165) is 11.3 Å². The number of halogens is 2. The number of fused-ring (bicyclic) bond motifs is 1. The Morgan fingerprint density at radius 1 is 1.07 bits per heavy atom. The van der Waals surface area contributed by atoms with E-state index in [9.17, 15) is 14.4 Å². The van der Waals surface area contributed by atoms with Crippen LogP contribution in [0.3, 0.4) is 0 Å². The quantitative estimate of drug-likeness (QED) is 0.635. The molecule has 0 spiro atoms. The minimum Gasteiger partial charge on any atom is -0.497 e. The third kappa shape index (κ3) is 4.23. The number of hydrogen-bond donors (Lipinski definition) is 1. The summed E-state index contributed by atoms with van der Waals surface area (Å²) in [6, 6.07) is 8.60. The summed E-state index contributed by atoms with van der Waals surface area (Å²) < 4.78 is 5.11. The summed E-state index contributed by atoms with van der Waals surface area (Å²) in [6.07, 6.45) is 1.84. The molecule has 29 heavy (non-hydrogen) atoms. The van der Waals surface area contributed by atoms with E-state index in [1.165, 1.54) is 12.1 Å². The van der Waals surface area contributed by atoms with Crippen LogP contribution in [0.2, 0.25) is 10.0 Å². The first-order valence-electron chi connectivity index (χ1n) is 9.19. The van der Waals surface area contributed by atoms with Crippen LogP contribution in [0, 0.1) is 0 Å². The first-order chi connectivity index (χ1) is 13.9. The molecule has 2 aromatic carbocycles. The van der Waals surface area contributed by atoms with E-state index in [1.807, 2.05) is 6.92 Å². The molecule has 0 saturated heterocycles. The fourth-order valence-corrected chi connectivity index (χ4v) is 3.54. The van der Waals surface area contributed by atoms with Crippen molar-refractivity contribution in [3.63, 3.8) is 0 Å². The Balaban J connectivity index is 1.88. The topological polar surface area (TPSA) is 75.7 Å². The molecule has 1 atom stereocenters. The van der Waals surface area contributed by atoms with Crippen molar-refractivity contribution >= 4 is 46.6 Å². The maximum absolute atomic E-state index is 13.0. The van der Waals surface area contributed by atoms with Crippen molar-refractivity contribution in [1.82, 2.24) is 4.90 Å². The molecule has 1 N–H and O–H groups in total. The number of carbonyl (C=O) groups is 3. The summed E-state index contributed by atoms with van der Waals surface area (Å²) in [5, 5.41) is 3.14. The zero-order chi connectivity index (χ0) is 21.1. The third-order valence-corrected chi connectivity index (χ3v) is 5.48. The number of amides is 3. The van der Waals surface area contributed by atoms with Gasteiger partial charge in [0, 0.05) is 5.69 Å². The summed E-state index contributed by atoms with van der Waals surface area (Å²) in [5.74, 6) is -0.876. The number of ether oxygens (including phenoxy) is 1. The Bertz CT molecular complexity index is 919. The number of imide groups is 1. The van der Waals surface area contributed by atoms with Gasteiger partial charge in [-0.1, -0.05) is 43.0 Å². The van der Waals surface area contributed by atoms with Crippen LogP contribution in [0.25, 0.3) is 0 Å². The fourth-order valence-electron chi connectivity index (χ4n) is 3.21. The van der Waals surface area contributed by atoms with Crippen LogP contribution in [0.15, 0.2) is 36.4 Å². The van der Waals surface area contributed by atoms with Gasteiger partial charge >= 0.3 is 0 Å². The van der Waals surface area contributed by atoms with Gasteiger partial charge < -0.3 is 10.1 Å². The molecule has 0 saturated carbocycles. The van der Waals surface area contributed by atoms with E-state index in [4.69, 9.17) is 27.9 Å². The van der Waals surface area contributed by atoms with E-state index in [2.05, 4.69) is 5.32 Å². The number of nitrogens with one attached hydrogen (secondary N) is 1. The highest BCUT2D eigenvalue weighted by atomic mass is 35.5. The minimum absolute atomic E-state index is 0.156. The lowest BCUT2D eigenvalue weighted by molar-refractivity contribution is -0.120. The average molecular weight is 435 g/mol. The maximum atomic E-state index is 13.0. The molecular formula is C21H20Cl2N2O4. The van der Waals surface area contributed by atoms with Crippen LogP contribution in [0.1, 0.15) is 46.9 Å². The highest BCUT2D eigenvalue weighted by molar-refractivity contribution is 6.43. The van der Waals surface area contributed by atoms with Crippen molar-refractivity contribution in [2.75, 3.05) is 12.4 Å². The number of carbonyl (C=O) groups excluding carboxylic acids is 3. The van der Waals surface area contributed by atoms with Gasteiger partial charge in [-0.05, 0) is 42.8 Å². The van der Waals surface area contributed by atoms with Crippen LogP contribution >= 0.6 is 23.2 Å². The van der Waals surface area contributed by atoms with Crippen LogP contribution in [0.4, 0.5) is 5.69 Å². The Labute approximate surface area is 178 Å². The Hall–Kier alpha value is -2.57. The van der Waals surface area contributed by atoms with Crippen molar-refractivity contribution in [2.24, 2.45) is 0 Å². The van der Waals surface area contributed by atoms with Gasteiger partial charge in [-0.3, -0.25) is 19.3 Å². The van der Waals surface area contributed by atoms with E-state index in [1.54, 1.807) is 31.4 Å². The first kappa shape index (κ1) is 21.1. The largest absolute Gasteiger partial charge is 0.497 e. The Morgan fingerprint density at radius 2 is 1.62 bits per heavy atom. The summed E-state index contributed by atoms with van der Waals surface area (Å²) in [7, 11) is 1.55. The second-order valence-electron chi connectivity index (χ2n) is 6.67. The molecule has 152 valence electrons. The standard InChI is InChI=1S/C21H20Cl2N2O4/c1-3-4-5-18(19(26)24-12-6-8-13(29-2)9-7-12)25-20(27)14-10-16(22)17(23)11-15(14)21(25)28/h6-11,18H,3-5H2,1-2H3,(H,24,26)/t18-/m1/s1. The number of methoxy groups -OCH3 is 1. The average Bonchev–Trinajstić information content (AvgIpc) is 2.94. The lowest BCUT2D eigenvalue weighted by Gasteiger charge is -2.25. The lowest BCUT2D eigenvalue weighted by atomic mass is 10.1. The summed E-state index contributed by atoms with van der Waals surface area (Å²) in [5.41, 5.74) is 0.853. The fraction of sp³-hybridized carbons (Fsp3) is 0.286. The monoisotopic (exact) mass is 434 g/mol. The highest BCUT2D eigenvalue weighted by Crippen LogP contribution is 2.33. The van der Waals surface area contributed by atoms with E-state index in [-0.39, 0.29) is 21.2 Å². The van der Waals surface area contributed by atoms with Gasteiger partial charge in [-0.15, -0.1) is 0 Å². The minimum atomic E-state index is -0.943. The van der Waals surface area contributed by atoms with Gasteiger partial charge in [0.05, 0.1) is 28.3 Å². The number of nitrogens with zero attached hydrogens (tertiary/aromatic N) is 1. The zero-order valence-corrected chi connectivity index (χ0v) is 17.5. The second-order valence-corrected chi connectivity index (χ2v) is 7.48. The molecule has 0 unspecified atom stereocenters. The summed E-state index contributed by atoms with van der Waals surface area (Å²) >= 11 is 12.0.